The summed E-state index contributed by atoms with van der Waals surface area (Å²) in [5, 5.41) is 4.36. The molecule has 0 aliphatic heterocycles. The van der Waals surface area contributed by atoms with Crippen LogP contribution in [0.3, 0.4) is 0 Å². The van der Waals surface area contributed by atoms with Gasteiger partial charge in [-0.05, 0) is 37.1 Å². The van der Waals surface area contributed by atoms with Gasteiger partial charge >= 0.3 is 0 Å². The van der Waals surface area contributed by atoms with Crippen molar-refractivity contribution in [2.24, 2.45) is 0 Å². The summed E-state index contributed by atoms with van der Waals surface area (Å²) >= 11 is 0. The quantitative estimate of drug-likeness (QED) is 0.798. The second kappa shape index (κ2) is 8.49. The van der Waals surface area contributed by atoms with Crippen LogP contribution in [0.15, 0.2) is 42.5 Å². The smallest absolute Gasteiger partial charge is 0.275 e. The Bertz CT molecular complexity index is 706. The molecule has 0 spiro atoms. The van der Waals surface area contributed by atoms with Crippen molar-refractivity contribution in [3.05, 3.63) is 71.0 Å². The first-order valence-electron chi connectivity index (χ1n) is 7.75. The molecule has 2 rings (SSSR count). The number of carbonyl (C=O) groups is 1. The largest absolute Gasteiger partial charge is 0.351 e. The highest BCUT2D eigenvalue weighted by atomic mass is 19.1. The van der Waals surface area contributed by atoms with Crippen molar-refractivity contribution in [3.63, 3.8) is 0 Å². The molecular weight excluding hydrogens is 317 g/mol. The van der Waals surface area contributed by atoms with Gasteiger partial charge in [-0.2, -0.15) is 0 Å². The van der Waals surface area contributed by atoms with Crippen LogP contribution in [-0.2, 0) is 11.2 Å². The summed E-state index contributed by atoms with van der Waals surface area (Å²) in [6, 6.07) is 9.49. The molecule has 6 heteroatoms. The van der Waals surface area contributed by atoms with Gasteiger partial charge in [0.05, 0.1) is 0 Å². The third-order valence-electron chi connectivity index (χ3n) is 3.78. The third-order valence-corrected chi connectivity index (χ3v) is 3.78. The summed E-state index contributed by atoms with van der Waals surface area (Å²) in [5.41, 5.74) is 0.888. The highest BCUT2D eigenvalue weighted by Gasteiger charge is 2.16. The summed E-state index contributed by atoms with van der Waals surface area (Å²) in [4.78, 5) is 11.8. The fourth-order valence-corrected chi connectivity index (χ4v) is 2.39. The minimum absolute atomic E-state index is 0.106. The van der Waals surface area contributed by atoms with E-state index < -0.39 is 11.6 Å². The molecule has 0 unspecified atom stereocenters. The highest BCUT2D eigenvalue weighted by molar-refractivity contribution is 5.76. The molecule has 1 atom stereocenters. The van der Waals surface area contributed by atoms with Gasteiger partial charge in [0.25, 0.3) is 5.91 Å². The molecule has 0 saturated heterocycles. The van der Waals surface area contributed by atoms with Gasteiger partial charge in [0.1, 0.15) is 23.5 Å². The van der Waals surface area contributed by atoms with Crippen LogP contribution in [0.5, 0.6) is 0 Å². The molecule has 0 heterocycles. The summed E-state index contributed by atoms with van der Waals surface area (Å²) < 4.78 is 40.0. The number of quaternary nitrogens is 1. The van der Waals surface area contributed by atoms with Crippen molar-refractivity contribution < 1.29 is 23.3 Å². The topological polar surface area (TPSA) is 45.7 Å². The van der Waals surface area contributed by atoms with Crippen molar-refractivity contribution in [1.29, 1.82) is 0 Å². The van der Waals surface area contributed by atoms with Crippen molar-refractivity contribution in [1.82, 2.24) is 5.32 Å². The molecule has 2 aromatic rings. The van der Waals surface area contributed by atoms with Crippen molar-refractivity contribution in [2.45, 2.75) is 19.4 Å². The Morgan fingerprint density at radius 1 is 1.12 bits per heavy atom. The van der Waals surface area contributed by atoms with Gasteiger partial charge in [0.2, 0.25) is 0 Å². The summed E-state index contributed by atoms with van der Waals surface area (Å²) in [5.74, 6) is -1.77. The third kappa shape index (κ3) is 5.09. The Balaban J connectivity index is 1.75. The second-order valence-corrected chi connectivity index (χ2v) is 5.59. The summed E-state index contributed by atoms with van der Waals surface area (Å²) in [6.45, 7) is 2.17. The molecule has 0 aromatic heterocycles. The van der Waals surface area contributed by atoms with E-state index in [2.05, 4.69) is 5.32 Å². The van der Waals surface area contributed by atoms with Crippen LogP contribution in [0.25, 0.3) is 0 Å². The lowest BCUT2D eigenvalue weighted by Crippen LogP contribution is -2.87. The Morgan fingerprint density at radius 3 is 2.58 bits per heavy atom. The van der Waals surface area contributed by atoms with Crippen LogP contribution >= 0.6 is 0 Å². The van der Waals surface area contributed by atoms with E-state index in [4.69, 9.17) is 0 Å². The van der Waals surface area contributed by atoms with E-state index in [9.17, 15) is 18.0 Å². The molecule has 0 saturated carbocycles. The predicted octanol–water partition coefficient (Wildman–Crippen LogP) is 2.09. The number of benzene rings is 2. The molecule has 0 bridgehead atoms. The number of carbonyl (C=O) groups excluding carboxylic acids is 1. The SMILES string of the molecule is C[C@H]([NH2+]CC(=O)NCCc1ccccc1F)c1ccc(F)cc1F. The average Bonchev–Trinajstić information content (AvgIpc) is 2.54. The minimum Gasteiger partial charge on any atom is -0.351 e. The molecule has 0 radical (unpaired) electrons. The van der Waals surface area contributed by atoms with Gasteiger partial charge in [-0.1, -0.05) is 18.2 Å². The monoisotopic (exact) mass is 337 g/mol. The van der Waals surface area contributed by atoms with Gasteiger partial charge < -0.3 is 10.6 Å². The van der Waals surface area contributed by atoms with Crippen LogP contribution in [-0.4, -0.2) is 19.0 Å². The normalized spacial score (nSPS) is 12.0. The maximum Gasteiger partial charge on any atom is 0.275 e. The number of nitrogens with one attached hydrogen (secondary N) is 1. The van der Waals surface area contributed by atoms with E-state index >= 15 is 0 Å². The standard InChI is InChI=1S/C18H19F3N2O/c1-12(15-7-6-14(19)10-17(15)21)23-11-18(24)22-9-8-13-4-2-3-5-16(13)20/h2-7,10,12,23H,8-9,11H2,1H3,(H,22,24)/p+1/t12-/m0/s1. The molecule has 24 heavy (non-hydrogen) atoms. The van der Waals surface area contributed by atoms with E-state index in [1.165, 1.54) is 18.2 Å². The van der Waals surface area contributed by atoms with Crippen LogP contribution in [0.4, 0.5) is 13.2 Å². The molecule has 2 aromatic carbocycles. The Morgan fingerprint density at radius 2 is 1.88 bits per heavy atom. The number of halogens is 3. The second-order valence-electron chi connectivity index (χ2n) is 5.59. The summed E-state index contributed by atoms with van der Waals surface area (Å²) in [6.07, 6.45) is 0.403. The Kier molecular flexibility index (Phi) is 6.37. The number of hydrogen-bond donors (Lipinski definition) is 2. The fraction of sp³-hybridized carbons (Fsp3) is 0.278. The molecular formula is C18H20F3N2O+. The van der Waals surface area contributed by atoms with E-state index in [1.54, 1.807) is 30.4 Å². The van der Waals surface area contributed by atoms with E-state index in [-0.39, 0.29) is 24.3 Å². The van der Waals surface area contributed by atoms with E-state index in [0.717, 1.165) is 6.07 Å². The van der Waals surface area contributed by atoms with E-state index in [0.29, 0.717) is 24.1 Å². The minimum atomic E-state index is -0.630. The number of hydrogen-bond acceptors (Lipinski definition) is 1. The summed E-state index contributed by atoms with van der Waals surface area (Å²) in [7, 11) is 0. The van der Waals surface area contributed by atoms with Crippen molar-refractivity contribution in [2.75, 3.05) is 13.1 Å². The van der Waals surface area contributed by atoms with Crippen LogP contribution < -0.4 is 10.6 Å². The molecule has 0 aliphatic rings. The first-order valence-corrected chi connectivity index (χ1v) is 7.75. The van der Waals surface area contributed by atoms with Gasteiger partial charge in [0.15, 0.2) is 6.54 Å². The molecule has 3 nitrogen and oxygen atoms in total. The zero-order chi connectivity index (χ0) is 17.5. The Labute approximate surface area is 138 Å². The lowest BCUT2D eigenvalue weighted by Gasteiger charge is -2.12. The lowest BCUT2D eigenvalue weighted by atomic mass is 10.1. The fourth-order valence-electron chi connectivity index (χ4n) is 2.39. The maximum absolute atomic E-state index is 13.7. The van der Waals surface area contributed by atoms with Crippen LogP contribution in [0.2, 0.25) is 0 Å². The zero-order valence-corrected chi connectivity index (χ0v) is 13.4. The van der Waals surface area contributed by atoms with E-state index in [1.807, 2.05) is 0 Å². The molecule has 128 valence electrons. The van der Waals surface area contributed by atoms with Gasteiger partial charge in [-0.3, -0.25) is 4.79 Å². The van der Waals surface area contributed by atoms with Crippen LogP contribution in [0.1, 0.15) is 24.1 Å². The van der Waals surface area contributed by atoms with Crippen molar-refractivity contribution in [3.8, 4) is 0 Å². The molecule has 3 N–H and O–H groups in total. The predicted molar refractivity (Wildman–Crippen MR) is 84.7 cm³/mol. The Hall–Kier alpha value is -2.34. The van der Waals surface area contributed by atoms with Gasteiger partial charge in [0, 0.05) is 18.2 Å². The zero-order valence-electron chi connectivity index (χ0n) is 13.4. The number of rotatable bonds is 7. The van der Waals surface area contributed by atoms with Gasteiger partial charge in [-0.15, -0.1) is 0 Å². The first-order chi connectivity index (χ1) is 11.5. The van der Waals surface area contributed by atoms with Crippen LogP contribution in [0, 0.1) is 17.5 Å². The molecule has 0 aliphatic carbocycles. The number of amides is 1. The highest BCUT2D eigenvalue weighted by Crippen LogP contribution is 2.14. The van der Waals surface area contributed by atoms with Gasteiger partial charge in [-0.25, -0.2) is 13.2 Å². The molecule has 0 fully saturated rings. The van der Waals surface area contributed by atoms with Crippen molar-refractivity contribution >= 4 is 5.91 Å². The number of nitrogens with two attached hydrogens (primary N) is 1. The maximum atomic E-state index is 13.7. The average molecular weight is 337 g/mol. The molecule has 1 amide bonds. The first kappa shape index (κ1) is 18.0. The lowest BCUT2D eigenvalue weighted by molar-refractivity contribution is -0.682.